The van der Waals surface area contributed by atoms with Gasteiger partial charge in [0.25, 0.3) is 0 Å². The molecule has 0 unspecified atom stereocenters. The van der Waals surface area contributed by atoms with E-state index in [1.54, 1.807) is 0 Å². The van der Waals surface area contributed by atoms with E-state index in [0.717, 1.165) is 25.0 Å². The van der Waals surface area contributed by atoms with Gasteiger partial charge in [-0.25, -0.2) is 13.8 Å². The number of benzene rings is 2. The minimum Gasteiger partial charge on any atom is -0.435 e. The van der Waals surface area contributed by atoms with E-state index in [9.17, 15) is 17.6 Å². The Bertz CT molecular complexity index is 1310. The van der Waals surface area contributed by atoms with E-state index in [0.29, 0.717) is 17.0 Å². The van der Waals surface area contributed by atoms with Crippen LogP contribution in [0.15, 0.2) is 36.4 Å². The van der Waals surface area contributed by atoms with Crippen LogP contribution in [0.5, 0.6) is 5.75 Å². The molecule has 1 fully saturated rings. The second-order valence-electron chi connectivity index (χ2n) is 7.18. The lowest BCUT2D eigenvalue weighted by Gasteiger charge is -2.11. The first-order chi connectivity index (χ1) is 15.4. The van der Waals surface area contributed by atoms with Crippen molar-refractivity contribution in [2.75, 3.05) is 11.1 Å². The second-order valence-corrected chi connectivity index (χ2v) is 7.18. The van der Waals surface area contributed by atoms with Gasteiger partial charge in [-0.1, -0.05) is 0 Å². The zero-order chi connectivity index (χ0) is 22.4. The zero-order valence-corrected chi connectivity index (χ0v) is 16.3. The summed E-state index contributed by atoms with van der Waals surface area (Å²) in [7, 11) is 0. The number of fused-ring (bicyclic) bond motifs is 1. The van der Waals surface area contributed by atoms with Gasteiger partial charge in [-0.15, -0.1) is 0 Å². The molecule has 3 N–H and O–H groups in total. The Hall–Kier alpha value is -3.96. The van der Waals surface area contributed by atoms with Crippen LogP contribution in [0, 0.1) is 11.6 Å². The summed E-state index contributed by atoms with van der Waals surface area (Å²) in [6, 6.07) is 7.77. The Labute approximate surface area is 178 Å². The first-order valence-electron chi connectivity index (χ1n) is 9.58. The molecule has 0 bridgehead atoms. The summed E-state index contributed by atoms with van der Waals surface area (Å²) < 4.78 is 58.2. The summed E-state index contributed by atoms with van der Waals surface area (Å²) >= 11 is 0. The third kappa shape index (κ3) is 3.86. The molecule has 1 aliphatic carbocycles. The van der Waals surface area contributed by atoms with Crippen LogP contribution in [0.2, 0.25) is 0 Å². The molecule has 5 rings (SSSR count). The van der Waals surface area contributed by atoms with Gasteiger partial charge >= 0.3 is 6.61 Å². The molecule has 8 nitrogen and oxygen atoms in total. The Morgan fingerprint density at radius 1 is 1.00 bits per heavy atom. The van der Waals surface area contributed by atoms with Crippen LogP contribution in [0.25, 0.3) is 17.0 Å². The topological polar surface area (TPSA) is 104 Å². The molecule has 0 saturated heterocycles. The summed E-state index contributed by atoms with van der Waals surface area (Å²) in [5.74, 6) is -1.28. The molecule has 4 aromatic rings. The number of hydrogen-bond acceptors (Lipinski definition) is 7. The molecule has 2 aromatic carbocycles. The number of hydrogen-bond donors (Lipinski definition) is 2. The Balaban J connectivity index is 1.54. The molecule has 1 aliphatic rings. The quantitative estimate of drug-likeness (QED) is 0.427. The lowest BCUT2D eigenvalue weighted by molar-refractivity contribution is -0.0498. The smallest absolute Gasteiger partial charge is 0.387 e. The predicted octanol–water partition coefficient (Wildman–Crippen LogP) is 4.29. The number of halogens is 4. The van der Waals surface area contributed by atoms with Crippen LogP contribution >= 0.6 is 0 Å². The van der Waals surface area contributed by atoms with Gasteiger partial charge in [0, 0.05) is 23.7 Å². The average Bonchev–Trinajstić information content (AvgIpc) is 3.51. The number of nitrogens with one attached hydrogen (secondary N) is 1. The number of imidazole rings is 1. The highest BCUT2D eigenvalue weighted by atomic mass is 19.3. The number of nitrogens with zero attached hydrogens (tertiary/aromatic N) is 5. The number of rotatable bonds is 6. The number of aromatic nitrogens is 5. The van der Waals surface area contributed by atoms with E-state index in [1.165, 1.54) is 28.8 Å². The molecular formula is C20H15F4N7O. The fourth-order valence-corrected chi connectivity index (χ4v) is 3.30. The Morgan fingerprint density at radius 3 is 2.41 bits per heavy atom. The van der Waals surface area contributed by atoms with Crippen molar-refractivity contribution in [2.24, 2.45) is 0 Å². The fraction of sp³-hybridized carbons (Fsp3) is 0.200. The minimum atomic E-state index is -2.93. The van der Waals surface area contributed by atoms with Crippen molar-refractivity contribution >= 4 is 28.6 Å². The van der Waals surface area contributed by atoms with Crippen LogP contribution in [-0.2, 0) is 0 Å². The molecule has 0 atom stereocenters. The maximum absolute atomic E-state index is 14.0. The van der Waals surface area contributed by atoms with Gasteiger partial charge in [0.1, 0.15) is 11.6 Å². The molecular weight excluding hydrogens is 430 g/mol. The van der Waals surface area contributed by atoms with E-state index in [4.69, 9.17) is 5.73 Å². The predicted molar refractivity (Wildman–Crippen MR) is 107 cm³/mol. The van der Waals surface area contributed by atoms with Crippen LogP contribution in [0.4, 0.5) is 35.1 Å². The van der Waals surface area contributed by atoms with Gasteiger partial charge in [0.2, 0.25) is 17.8 Å². The summed E-state index contributed by atoms with van der Waals surface area (Å²) in [4.78, 5) is 17.0. The van der Waals surface area contributed by atoms with Crippen molar-refractivity contribution in [3.8, 4) is 11.7 Å². The van der Waals surface area contributed by atoms with Gasteiger partial charge in [-0.2, -0.15) is 23.7 Å². The summed E-state index contributed by atoms with van der Waals surface area (Å²) in [5, 5.41) is 2.91. The Kier molecular flexibility index (Phi) is 4.76. The van der Waals surface area contributed by atoms with Gasteiger partial charge in [0.15, 0.2) is 11.6 Å². The van der Waals surface area contributed by atoms with Gasteiger partial charge in [-0.05, 0) is 37.1 Å². The van der Waals surface area contributed by atoms with Crippen molar-refractivity contribution in [1.29, 1.82) is 0 Å². The molecule has 12 heteroatoms. The maximum atomic E-state index is 14.0. The summed E-state index contributed by atoms with van der Waals surface area (Å²) in [6.45, 7) is -2.93. The van der Waals surface area contributed by atoms with Crippen LogP contribution in [0.3, 0.4) is 0 Å². The van der Waals surface area contributed by atoms with Crippen molar-refractivity contribution in [2.45, 2.75) is 25.4 Å². The molecule has 0 spiro atoms. The van der Waals surface area contributed by atoms with Gasteiger partial charge in [-0.3, -0.25) is 4.57 Å². The highest BCUT2D eigenvalue weighted by Gasteiger charge is 2.31. The maximum Gasteiger partial charge on any atom is 0.387 e. The first-order valence-corrected chi connectivity index (χ1v) is 9.58. The molecule has 0 amide bonds. The normalized spacial score (nSPS) is 13.7. The number of nitrogens with two attached hydrogens (primary N) is 1. The van der Waals surface area contributed by atoms with E-state index < -0.39 is 18.2 Å². The molecule has 2 aromatic heterocycles. The van der Waals surface area contributed by atoms with Crippen molar-refractivity contribution in [1.82, 2.24) is 24.5 Å². The number of alkyl halides is 2. The molecule has 0 aliphatic heterocycles. The van der Waals surface area contributed by atoms with E-state index in [2.05, 4.69) is 30.0 Å². The minimum absolute atomic E-state index is 0.00498. The number of anilines is 3. The Morgan fingerprint density at radius 2 is 1.72 bits per heavy atom. The highest BCUT2D eigenvalue weighted by molar-refractivity contribution is 5.78. The molecule has 164 valence electrons. The number of nitrogen functional groups attached to an aromatic ring is 1. The van der Waals surface area contributed by atoms with Crippen molar-refractivity contribution < 1.29 is 22.3 Å². The fourth-order valence-electron chi connectivity index (χ4n) is 3.30. The summed E-state index contributed by atoms with van der Waals surface area (Å²) in [6.07, 6.45) is 1.76. The second kappa shape index (κ2) is 7.62. The lowest BCUT2D eigenvalue weighted by Crippen LogP contribution is -2.11. The third-order valence-electron chi connectivity index (χ3n) is 4.84. The van der Waals surface area contributed by atoms with Crippen molar-refractivity contribution in [3.63, 3.8) is 0 Å². The first kappa shape index (κ1) is 20.0. The summed E-state index contributed by atoms with van der Waals surface area (Å²) in [5.41, 5.74) is 6.92. The highest BCUT2D eigenvalue weighted by Crippen LogP contribution is 2.41. The van der Waals surface area contributed by atoms with Gasteiger partial charge in [0.05, 0.1) is 11.0 Å². The monoisotopic (exact) mass is 445 g/mol. The number of ether oxygens (including phenoxy) is 1. The van der Waals surface area contributed by atoms with Crippen molar-refractivity contribution in [3.05, 3.63) is 53.9 Å². The van der Waals surface area contributed by atoms with E-state index in [-0.39, 0.29) is 35.0 Å². The average molecular weight is 445 g/mol. The third-order valence-corrected chi connectivity index (χ3v) is 4.84. The van der Waals surface area contributed by atoms with Crippen LogP contribution < -0.4 is 15.8 Å². The van der Waals surface area contributed by atoms with Gasteiger partial charge < -0.3 is 15.8 Å². The standard InChI is InChI=1S/C20H15F4N7O/c21-12-7-14-15(8-13(12)22)31(16(27-14)9-1-2-9)20-29-18(25)28-19(30-20)26-10-3-5-11(6-4-10)32-17(23)24/h3-9,17H,1-2H2,(H3,25,26,28,29,30). The zero-order valence-electron chi connectivity index (χ0n) is 16.3. The lowest BCUT2D eigenvalue weighted by atomic mass is 10.3. The SMILES string of the molecule is Nc1nc(Nc2ccc(OC(F)F)cc2)nc(-n2c(C3CC3)nc3cc(F)c(F)cc32)n1. The van der Waals surface area contributed by atoms with Crippen LogP contribution in [0.1, 0.15) is 24.6 Å². The van der Waals surface area contributed by atoms with Crippen LogP contribution in [-0.4, -0.2) is 31.1 Å². The van der Waals surface area contributed by atoms with E-state index in [1.807, 2.05) is 0 Å². The van der Waals surface area contributed by atoms with E-state index >= 15 is 0 Å². The molecule has 32 heavy (non-hydrogen) atoms. The molecule has 1 saturated carbocycles. The molecule has 2 heterocycles. The molecule has 0 radical (unpaired) electrons. The largest absolute Gasteiger partial charge is 0.435 e.